The Hall–Kier alpha value is -3.68. The molecule has 2 aromatic heterocycles. The van der Waals surface area contributed by atoms with E-state index in [-0.39, 0.29) is 16.5 Å². The van der Waals surface area contributed by atoms with Crippen LogP contribution in [-0.2, 0) is 23.9 Å². The fourth-order valence-electron chi connectivity index (χ4n) is 2.28. The molecule has 3 aromatic rings. The van der Waals surface area contributed by atoms with E-state index < -0.39 is 32.7 Å². The number of nitrogens with zero attached hydrogens (tertiary/aromatic N) is 7. The summed E-state index contributed by atoms with van der Waals surface area (Å²) in [5, 5.41) is 16.5. The Morgan fingerprint density at radius 1 is 1.07 bits per heavy atom. The highest BCUT2D eigenvalue weighted by Crippen LogP contribution is 2.11. The number of rotatable bonds is 4. The second-order valence-electron chi connectivity index (χ2n) is 5.74. The zero-order chi connectivity index (χ0) is 20.6. The van der Waals surface area contributed by atoms with E-state index in [1.807, 2.05) is 0 Å². The van der Waals surface area contributed by atoms with Crippen LogP contribution < -0.4 is 16.6 Å². The minimum Gasteiger partial charge on any atom is -0.288 e. The van der Waals surface area contributed by atoms with Crippen LogP contribution in [-0.4, -0.2) is 55.1 Å². The molecule has 0 aliphatic heterocycles. The van der Waals surface area contributed by atoms with E-state index in [4.69, 9.17) is 0 Å². The summed E-state index contributed by atoms with van der Waals surface area (Å²) < 4.78 is 25.8. The van der Waals surface area contributed by atoms with Gasteiger partial charge in [-0.1, -0.05) is 5.10 Å². The van der Waals surface area contributed by atoms with Crippen molar-refractivity contribution in [1.29, 1.82) is 0 Å². The first-order valence-corrected chi connectivity index (χ1v) is 9.53. The quantitative estimate of drug-likeness (QED) is 0.521. The topological polar surface area (TPSA) is 164 Å². The van der Waals surface area contributed by atoms with Gasteiger partial charge in [0.25, 0.3) is 11.5 Å². The predicted octanol–water partition coefficient (Wildman–Crippen LogP) is -1.89. The molecular weight excluding hydrogens is 392 g/mol. The Morgan fingerprint density at radius 2 is 1.71 bits per heavy atom. The van der Waals surface area contributed by atoms with Crippen molar-refractivity contribution in [1.82, 2.24) is 34.6 Å². The number of carbonyl (C=O) groups excluding carboxylic acids is 1. The van der Waals surface area contributed by atoms with Crippen molar-refractivity contribution < 1.29 is 13.2 Å². The highest BCUT2D eigenvalue weighted by atomic mass is 32.2. The smallest absolute Gasteiger partial charge is 0.288 e. The molecule has 0 aliphatic carbocycles. The van der Waals surface area contributed by atoms with Crippen LogP contribution in [0.3, 0.4) is 0 Å². The number of carbonyl (C=O) groups is 1. The Bertz CT molecular complexity index is 1290. The molecule has 14 heteroatoms. The molecule has 0 bridgehead atoms. The van der Waals surface area contributed by atoms with Gasteiger partial charge in [0, 0.05) is 20.4 Å². The molecule has 0 aliphatic rings. The van der Waals surface area contributed by atoms with E-state index in [0.717, 1.165) is 10.9 Å². The van der Waals surface area contributed by atoms with E-state index >= 15 is 0 Å². The van der Waals surface area contributed by atoms with Gasteiger partial charge in [-0.25, -0.2) is 27.1 Å². The molecule has 0 unspecified atom stereocenters. The molecule has 1 aromatic carbocycles. The van der Waals surface area contributed by atoms with Gasteiger partial charge in [0.1, 0.15) is 0 Å². The fraction of sp³-hybridized carbons (Fsp3) is 0.214. The molecule has 0 spiro atoms. The third-order valence-corrected chi connectivity index (χ3v) is 4.84. The van der Waals surface area contributed by atoms with Crippen LogP contribution in [0.1, 0.15) is 10.5 Å². The predicted molar refractivity (Wildman–Crippen MR) is 94.9 cm³/mol. The van der Waals surface area contributed by atoms with E-state index in [1.165, 1.54) is 43.0 Å². The van der Waals surface area contributed by atoms with Crippen LogP contribution in [0.4, 0.5) is 5.95 Å². The summed E-state index contributed by atoms with van der Waals surface area (Å²) in [6.07, 6.45) is 1.03. The summed E-state index contributed by atoms with van der Waals surface area (Å²) in [6, 6.07) is 5.07. The maximum atomic E-state index is 12.7. The van der Waals surface area contributed by atoms with Crippen molar-refractivity contribution in [3.05, 3.63) is 50.8 Å². The fourth-order valence-corrected chi connectivity index (χ4v) is 2.91. The molecule has 0 atom stereocenters. The Balaban J connectivity index is 2.10. The summed E-state index contributed by atoms with van der Waals surface area (Å²) in [4.78, 5) is 37.6. The Kier molecular flexibility index (Phi) is 4.64. The number of benzene rings is 1. The van der Waals surface area contributed by atoms with Crippen LogP contribution in [0.2, 0.25) is 0 Å². The van der Waals surface area contributed by atoms with Crippen LogP contribution in [0.5, 0.6) is 0 Å². The number of hydrogen-bond donors (Lipinski definition) is 1. The molecule has 3 rings (SSSR count). The van der Waals surface area contributed by atoms with Crippen molar-refractivity contribution in [2.45, 2.75) is 4.90 Å². The number of anilines is 1. The SMILES string of the molecule is Cn1nnnc1NC(=O)c1nn(C)c(=O)n(-c2ccc(S(C)(=O)=O)cc2)c1=O. The molecule has 1 amide bonds. The van der Waals surface area contributed by atoms with Crippen LogP contribution in [0.25, 0.3) is 5.69 Å². The lowest BCUT2D eigenvalue weighted by atomic mass is 10.3. The van der Waals surface area contributed by atoms with Gasteiger partial charge >= 0.3 is 5.69 Å². The van der Waals surface area contributed by atoms with Crippen LogP contribution >= 0.6 is 0 Å². The summed E-state index contributed by atoms with van der Waals surface area (Å²) in [5.41, 5.74) is -2.29. The van der Waals surface area contributed by atoms with Crippen LogP contribution in [0, 0.1) is 0 Å². The van der Waals surface area contributed by atoms with E-state index in [9.17, 15) is 22.8 Å². The van der Waals surface area contributed by atoms with Gasteiger partial charge in [-0.15, -0.1) is 0 Å². The van der Waals surface area contributed by atoms with Crippen molar-refractivity contribution in [2.75, 3.05) is 11.6 Å². The second kappa shape index (κ2) is 6.80. The number of amides is 1. The minimum absolute atomic E-state index is 0.0166. The van der Waals surface area contributed by atoms with Gasteiger partial charge in [-0.2, -0.15) is 5.10 Å². The Labute approximate surface area is 157 Å². The van der Waals surface area contributed by atoms with E-state index in [0.29, 0.717) is 4.57 Å². The molecule has 13 nitrogen and oxygen atoms in total. The normalized spacial score (nSPS) is 11.4. The lowest BCUT2D eigenvalue weighted by Gasteiger charge is -2.09. The van der Waals surface area contributed by atoms with Crippen LogP contribution in [0.15, 0.2) is 38.8 Å². The van der Waals surface area contributed by atoms with Crippen molar-refractivity contribution in [2.24, 2.45) is 14.1 Å². The summed E-state index contributed by atoms with van der Waals surface area (Å²) in [6.45, 7) is 0. The molecule has 0 radical (unpaired) electrons. The molecule has 1 N–H and O–H groups in total. The highest BCUT2D eigenvalue weighted by molar-refractivity contribution is 7.90. The third kappa shape index (κ3) is 3.44. The zero-order valence-corrected chi connectivity index (χ0v) is 15.7. The van der Waals surface area contributed by atoms with Gasteiger partial charge in [-0.3, -0.25) is 14.9 Å². The molecule has 146 valence electrons. The van der Waals surface area contributed by atoms with Crippen molar-refractivity contribution in [3.8, 4) is 5.69 Å². The van der Waals surface area contributed by atoms with Gasteiger partial charge in [0.15, 0.2) is 9.84 Å². The number of hydrogen-bond acceptors (Lipinski definition) is 9. The maximum Gasteiger partial charge on any atom is 0.351 e. The van der Waals surface area contributed by atoms with E-state index in [2.05, 4.69) is 25.9 Å². The standard InChI is InChI=1S/C14H14N8O5S/c1-20-13(16-18-19-20)15-11(23)10-12(24)22(14(25)21(2)17-10)8-4-6-9(7-5-8)28(3,26)27/h4-7H,1-3H3,(H,15,16,19,23). The third-order valence-electron chi connectivity index (χ3n) is 3.71. The molecule has 2 heterocycles. The molecule has 0 saturated heterocycles. The molecule has 0 fully saturated rings. The monoisotopic (exact) mass is 406 g/mol. The largest absolute Gasteiger partial charge is 0.351 e. The van der Waals surface area contributed by atoms with Gasteiger partial charge < -0.3 is 0 Å². The first kappa shape index (κ1) is 19.1. The van der Waals surface area contributed by atoms with Gasteiger partial charge in [0.05, 0.1) is 10.6 Å². The van der Waals surface area contributed by atoms with Crippen molar-refractivity contribution in [3.63, 3.8) is 0 Å². The second-order valence-corrected chi connectivity index (χ2v) is 7.76. The van der Waals surface area contributed by atoms with Gasteiger partial charge in [0.2, 0.25) is 11.6 Å². The van der Waals surface area contributed by atoms with Crippen molar-refractivity contribution >= 4 is 21.7 Å². The molecule has 28 heavy (non-hydrogen) atoms. The number of tetrazole rings is 1. The van der Waals surface area contributed by atoms with Gasteiger partial charge in [-0.05, 0) is 34.7 Å². The number of sulfone groups is 1. The first-order valence-electron chi connectivity index (χ1n) is 7.64. The minimum atomic E-state index is -3.45. The number of nitrogens with one attached hydrogen (secondary N) is 1. The maximum absolute atomic E-state index is 12.7. The number of aryl methyl sites for hydroxylation is 2. The lowest BCUT2D eigenvalue weighted by Crippen LogP contribution is -2.43. The average Bonchev–Trinajstić information content (AvgIpc) is 3.02. The first-order chi connectivity index (χ1) is 13.1. The highest BCUT2D eigenvalue weighted by Gasteiger charge is 2.21. The number of aromatic nitrogens is 7. The molecular formula is C14H14N8O5S. The molecule has 0 saturated carbocycles. The summed E-state index contributed by atoms with van der Waals surface area (Å²) in [5.74, 6) is -0.941. The van der Waals surface area contributed by atoms with E-state index in [1.54, 1.807) is 0 Å². The Morgan fingerprint density at radius 3 is 2.25 bits per heavy atom. The summed E-state index contributed by atoms with van der Waals surface area (Å²) >= 11 is 0. The zero-order valence-electron chi connectivity index (χ0n) is 14.9. The average molecular weight is 406 g/mol. The summed E-state index contributed by atoms with van der Waals surface area (Å²) in [7, 11) is -0.708. The lowest BCUT2D eigenvalue weighted by molar-refractivity contribution is 0.101.